The quantitative estimate of drug-likeness (QED) is 0.837. The SMILES string of the molecule is C[C@@H]1CN([C@@H]2CCN(Cc3ccccc3)C2)C(=O)CO1. The summed E-state index contributed by atoms with van der Waals surface area (Å²) in [7, 11) is 0. The highest BCUT2D eigenvalue weighted by Crippen LogP contribution is 2.20. The Kier molecular flexibility index (Phi) is 4.03. The number of amides is 1. The van der Waals surface area contributed by atoms with E-state index >= 15 is 0 Å². The van der Waals surface area contributed by atoms with Gasteiger partial charge in [-0.25, -0.2) is 0 Å². The van der Waals surface area contributed by atoms with Crippen molar-refractivity contribution in [3.63, 3.8) is 0 Å². The fraction of sp³-hybridized carbons (Fsp3) is 0.562. The molecule has 1 amide bonds. The Bertz CT molecular complexity index is 463. The van der Waals surface area contributed by atoms with Crippen LogP contribution in [0.2, 0.25) is 0 Å². The third-order valence-electron chi connectivity index (χ3n) is 4.20. The van der Waals surface area contributed by atoms with Gasteiger partial charge in [-0.05, 0) is 18.9 Å². The summed E-state index contributed by atoms with van der Waals surface area (Å²) < 4.78 is 5.40. The van der Waals surface area contributed by atoms with Crippen LogP contribution >= 0.6 is 0 Å². The number of likely N-dealkylation sites (tertiary alicyclic amines) is 1. The van der Waals surface area contributed by atoms with Crippen LogP contribution in [0.25, 0.3) is 0 Å². The molecular weight excluding hydrogens is 252 g/mol. The molecule has 4 nitrogen and oxygen atoms in total. The van der Waals surface area contributed by atoms with Crippen LogP contribution in [0.3, 0.4) is 0 Å². The Hall–Kier alpha value is -1.39. The highest BCUT2D eigenvalue weighted by atomic mass is 16.5. The zero-order chi connectivity index (χ0) is 13.9. The molecule has 2 aliphatic rings. The van der Waals surface area contributed by atoms with E-state index in [-0.39, 0.29) is 18.6 Å². The van der Waals surface area contributed by atoms with Crippen LogP contribution in [0.1, 0.15) is 18.9 Å². The lowest BCUT2D eigenvalue weighted by atomic mass is 10.2. The van der Waals surface area contributed by atoms with Crippen molar-refractivity contribution >= 4 is 5.91 Å². The van der Waals surface area contributed by atoms with Crippen molar-refractivity contribution in [2.75, 3.05) is 26.2 Å². The monoisotopic (exact) mass is 274 g/mol. The van der Waals surface area contributed by atoms with Gasteiger partial charge in [0.1, 0.15) is 6.61 Å². The van der Waals surface area contributed by atoms with Gasteiger partial charge in [0.25, 0.3) is 0 Å². The molecule has 2 atom stereocenters. The maximum Gasteiger partial charge on any atom is 0.248 e. The van der Waals surface area contributed by atoms with Crippen molar-refractivity contribution in [2.24, 2.45) is 0 Å². The van der Waals surface area contributed by atoms with Gasteiger partial charge in [0.05, 0.1) is 6.10 Å². The summed E-state index contributed by atoms with van der Waals surface area (Å²) in [6.45, 7) is 6.05. The smallest absolute Gasteiger partial charge is 0.248 e. The van der Waals surface area contributed by atoms with Crippen molar-refractivity contribution in [1.82, 2.24) is 9.80 Å². The first-order chi connectivity index (χ1) is 9.72. The number of hydrogen-bond acceptors (Lipinski definition) is 3. The molecule has 0 aromatic heterocycles. The Morgan fingerprint density at radius 3 is 2.85 bits per heavy atom. The minimum Gasteiger partial charge on any atom is -0.367 e. The van der Waals surface area contributed by atoms with Crippen LogP contribution in [-0.2, 0) is 16.1 Å². The van der Waals surface area contributed by atoms with E-state index in [1.54, 1.807) is 0 Å². The van der Waals surface area contributed by atoms with Crippen LogP contribution in [-0.4, -0.2) is 54.1 Å². The molecule has 1 aromatic carbocycles. The number of benzene rings is 1. The molecule has 0 saturated carbocycles. The third-order valence-corrected chi connectivity index (χ3v) is 4.20. The molecule has 0 spiro atoms. The van der Waals surface area contributed by atoms with E-state index in [2.05, 4.69) is 29.2 Å². The first kappa shape index (κ1) is 13.6. The predicted octanol–water partition coefficient (Wildman–Crippen LogP) is 1.51. The van der Waals surface area contributed by atoms with Crippen molar-refractivity contribution in [1.29, 1.82) is 0 Å². The van der Waals surface area contributed by atoms with Gasteiger partial charge in [-0.3, -0.25) is 9.69 Å². The van der Waals surface area contributed by atoms with Crippen molar-refractivity contribution < 1.29 is 9.53 Å². The van der Waals surface area contributed by atoms with Gasteiger partial charge >= 0.3 is 0 Å². The minimum absolute atomic E-state index is 0.148. The van der Waals surface area contributed by atoms with Crippen LogP contribution in [0.15, 0.2) is 30.3 Å². The van der Waals surface area contributed by atoms with E-state index in [0.29, 0.717) is 6.04 Å². The summed E-state index contributed by atoms with van der Waals surface area (Å²) in [5, 5.41) is 0. The first-order valence-corrected chi connectivity index (χ1v) is 7.40. The molecule has 1 aromatic rings. The molecule has 0 bridgehead atoms. The summed E-state index contributed by atoms with van der Waals surface area (Å²) in [6, 6.07) is 10.9. The third kappa shape index (κ3) is 3.02. The molecule has 2 saturated heterocycles. The minimum atomic E-state index is 0.148. The topological polar surface area (TPSA) is 32.8 Å². The van der Waals surface area contributed by atoms with Crippen molar-refractivity contribution in [3.05, 3.63) is 35.9 Å². The highest BCUT2D eigenvalue weighted by Gasteiger charge is 2.34. The lowest BCUT2D eigenvalue weighted by Gasteiger charge is -2.35. The Morgan fingerprint density at radius 2 is 2.05 bits per heavy atom. The molecule has 0 radical (unpaired) electrons. The van der Waals surface area contributed by atoms with Crippen LogP contribution < -0.4 is 0 Å². The Morgan fingerprint density at radius 1 is 1.25 bits per heavy atom. The average molecular weight is 274 g/mol. The van der Waals surface area contributed by atoms with Crippen molar-refractivity contribution in [2.45, 2.75) is 32.0 Å². The molecule has 0 unspecified atom stereocenters. The van der Waals surface area contributed by atoms with Gasteiger partial charge in [0.2, 0.25) is 5.91 Å². The Balaban J connectivity index is 1.57. The van der Waals surface area contributed by atoms with Crippen LogP contribution in [0.5, 0.6) is 0 Å². The number of carbonyl (C=O) groups excluding carboxylic acids is 1. The fourth-order valence-electron chi connectivity index (χ4n) is 3.13. The second-order valence-electron chi connectivity index (χ2n) is 5.83. The van der Waals surface area contributed by atoms with Crippen molar-refractivity contribution in [3.8, 4) is 0 Å². The first-order valence-electron chi connectivity index (χ1n) is 7.40. The number of nitrogens with zero attached hydrogens (tertiary/aromatic N) is 2. The number of hydrogen-bond donors (Lipinski definition) is 0. The molecule has 2 fully saturated rings. The molecule has 108 valence electrons. The largest absolute Gasteiger partial charge is 0.367 e. The maximum absolute atomic E-state index is 12.0. The molecule has 20 heavy (non-hydrogen) atoms. The number of morpholine rings is 1. The van der Waals surface area contributed by atoms with Gasteiger partial charge in [0, 0.05) is 32.2 Å². The lowest BCUT2D eigenvalue weighted by molar-refractivity contribution is -0.150. The highest BCUT2D eigenvalue weighted by molar-refractivity contribution is 5.78. The molecule has 3 rings (SSSR count). The van der Waals surface area contributed by atoms with E-state index in [1.807, 2.05) is 17.9 Å². The van der Waals surface area contributed by atoms with Gasteiger partial charge in [-0.1, -0.05) is 30.3 Å². The summed E-state index contributed by atoms with van der Waals surface area (Å²) in [6.07, 6.45) is 1.24. The van der Waals surface area contributed by atoms with E-state index in [4.69, 9.17) is 4.74 Å². The zero-order valence-corrected chi connectivity index (χ0v) is 12.0. The maximum atomic E-state index is 12.0. The summed E-state index contributed by atoms with van der Waals surface area (Å²) in [5.41, 5.74) is 1.34. The second kappa shape index (κ2) is 5.94. The predicted molar refractivity (Wildman–Crippen MR) is 77.3 cm³/mol. The molecule has 4 heteroatoms. The second-order valence-corrected chi connectivity index (χ2v) is 5.83. The van der Waals surface area contributed by atoms with E-state index in [0.717, 1.165) is 32.6 Å². The van der Waals surface area contributed by atoms with Gasteiger partial charge < -0.3 is 9.64 Å². The molecule has 0 N–H and O–H groups in total. The molecular formula is C16H22N2O2. The van der Waals surface area contributed by atoms with Gasteiger partial charge in [-0.2, -0.15) is 0 Å². The number of rotatable bonds is 3. The number of carbonyl (C=O) groups is 1. The Labute approximate surface area is 120 Å². The average Bonchev–Trinajstić information content (AvgIpc) is 2.91. The fourth-order valence-corrected chi connectivity index (χ4v) is 3.13. The summed E-state index contributed by atoms with van der Waals surface area (Å²) in [5.74, 6) is 0.148. The van der Waals surface area contributed by atoms with Gasteiger partial charge in [0.15, 0.2) is 0 Å². The zero-order valence-electron chi connectivity index (χ0n) is 12.0. The summed E-state index contributed by atoms with van der Waals surface area (Å²) >= 11 is 0. The standard InChI is InChI=1S/C16H22N2O2/c1-13-9-18(16(19)12-20-13)15-7-8-17(11-15)10-14-5-3-2-4-6-14/h2-6,13,15H,7-12H2,1H3/t13-,15-/m1/s1. The molecule has 2 aliphatic heterocycles. The molecule has 0 aliphatic carbocycles. The van der Waals surface area contributed by atoms with Crippen LogP contribution in [0, 0.1) is 0 Å². The van der Waals surface area contributed by atoms with E-state index < -0.39 is 0 Å². The van der Waals surface area contributed by atoms with Crippen LogP contribution in [0.4, 0.5) is 0 Å². The van der Waals surface area contributed by atoms with E-state index in [1.165, 1.54) is 5.56 Å². The lowest BCUT2D eigenvalue weighted by Crippen LogP contribution is -2.51. The molecule has 2 heterocycles. The normalized spacial score (nSPS) is 28.1. The van der Waals surface area contributed by atoms with Gasteiger partial charge in [-0.15, -0.1) is 0 Å². The summed E-state index contributed by atoms with van der Waals surface area (Å²) in [4.78, 5) is 16.4. The van der Waals surface area contributed by atoms with E-state index in [9.17, 15) is 4.79 Å². The number of ether oxygens (including phenoxy) is 1.